The first-order valence-electron chi connectivity index (χ1n) is 10.8. The standard InChI is InChI=1S/C23H29FN6/c1-3-5-16-11-26-21(28-20(16)29-23(4-2)8-9-23)27-17-6-7-19(18(24)10-17)30-14-22(15-30)12-25-13-22/h3,5-7,10-11,25H,4,8-9,12-15H2,1-2H3,(H2,26,27,28,29)/b5-3+. The van der Waals surface area contributed by atoms with E-state index in [1.165, 1.54) is 6.07 Å². The second-order valence-electron chi connectivity index (χ2n) is 9.01. The van der Waals surface area contributed by atoms with Crippen LogP contribution in [0.5, 0.6) is 0 Å². The minimum Gasteiger partial charge on any atom is -0.368 e. The molecule has 1 aromatic heterocycles. The number of nitrogens with one attached hydrogen (secondary N) is 3. The summed E-state index contributed by atoms with van der Waals surface area (Å²) in [6.45, 7) is 8.11. The van der Waals surface area contributed by atoms with Gasteiger partial charge in [0.1, 0.15) is 11.6 Å². The van der Waals surface area contributed by atoms with E-state index in [0.717, 1.165) is 56.8 Å². The number of benzene rings is 1. The van der Waals surface area contributed by atoms with Gasteiger partial charge in [0.05, 0.1) is 5.69 Å². The molecule has 2 aliphatic heterocycles. The topological polar surface area (TPSA) is 65.1 Å². The van der Waals surface area contributed by atoms with Crippen LogP contribution in [0.2, 0.25) is 0 Å². The van der Waals surface area contributed by atoms with Crippen LogP contribution < -0.4 is 20.9 Å². The number of hydrogen-bond acceptors (Lipinski definition) is 6. The molecule has 0 unspecified atom stereocenters. The molecule has 3 N–H and O–H groups in total. The lowest BCUT2D eigenvalue weighted by molar-refractivity contribution is 0.120. The van der Waals surface area contributed by atoms with Crippen molar-refractivity contribution >= 4 is 29.2 Å². The third kappa shape index (κ3) is 3.51. The number of rotatable bonds is 7. The summed E-state index contributed by atoms with van der Waals surface area (Å²) in [7, 11) is 0. The molecule has 30 heavy (non-hydrogen) atoms. The Morgan fingerprint density at radius 1 is 1.27 bits per heavy atom. The molecule has 0 atom stereocenters. The van der Waals surface area contributed by atoms with Crippen LogP contribution in [0.3, 0.4) is 0 Å². The van der Waals surface area contributed by atoms with Gasteiger partial charge in [-0.2, -0.15) is 4.98 Å². The fourth-order valence-electron chi connectivity index (χ4n) is 4.43. The number of allylic oxidation sites excluding steroid dienone is 1. The Labute approximate surface area is 177 Å². The second kappa shape index (κ2) is 7.23. The molecular weight excluding hydrogens is 379 g/mol. The summed E-state index contributed by atoms with van der Waals surface area (Å²) in [5, 5.41) is 10.1. The summed E-state index contributed by atoms with van der Waals surface area (Å²) in [6.07, 6.45) is 9.17. The zero-order chi connectivity index (χ0) is 20.8. The summed E-state index contributed by atoms with van der Waals surface area (Å²) < 4.78 is 14.8. The maximum atomic E-state index is 14.8. The van der Waals surface area contributed by atoms with Crippen molar-refractivity contribution in [2.24, 2.45) is 5.41 Å². The fraction of sp³-hybridized carbons (Fsp3) is 0.478. The van der Waals surface area contributed by atoms with E-state index >= 15 is 0 Å². The Bertz CT molecular complexity index is 972. The van der Waals surface area contributed by atoms with Crippen molar-refractivity contribution in [2.75, 3.05) is 41.7 Å². The summed E-state index contributed by atoms with van der Waals surface area (Å²) >= 11 is 0. The molecule has 2 saturated heterocycles. The highest BCUT2D eigenvalue weighted by atomic mass is 19.1. The molecule has 1 spiro atoms. The van der Waals surface area contributed by atoms with Gasteiger partial charge in [-0.15, -0.1) is 0 Å². The smallest absolute Gasteiger partial charge is 0.229 e. The molecule has 158 valence electrons. The SMILES string of the molecule is C/C=C/c1cnc(Nc2ccc(N3CC4(CNC4)C3)c(F)c2)nc1NC1(CC)CC1. The molecule has 7 heteroatoms. The lowest BCUT2D eigenvalue weighted by Crippen LogP contribution is -2.71. The van der Waals surface area contributed by atoms with Gasteiger partial charge in [0.15, 0.2) is 0 Å². The van der Waals surface area contributed by atoms with E-state index in [2.05, 4.69) is 37.7 Å². The number of nitrogens with zero attached hydrogens (tertiary/aromatic N) is 3. The largest absolute Gasteiger partial charge is 0.368 e. The Balaban J connectivity index is 1.32. The Hall–Kier alpha value is -2.67. The van der Waals surface area contributed by atoms with Gasteiger partial charge in [-0.05, 0) is 44.4 Å². The fourth-order valence-corrected chi connectivity index (χ4v) is 4.43. The van der Waals surface area contributed by atoms with E-state index in [1.54, 1.807) is 6.20 Å². The van der Waals surface area contributed by atoms with Gasteiger partial charge in [0.25, 0.3) is 0 Å². The molecule has 0 radical (unpaired) electrons. The molecule has 1 saturated carbocycles. The van der Waals surface area contributed by atoms with Gasteiger partial charge in [0.2, 0.25) is 5.95 Å². The molecule has 3 aliphatic rings. The van der Waals surface area contributed by atoms with Crippen molar-refractivity contribution in [3.63, 3.8) is 0 Å². The Morgan fingerprint density at radius 2 is 2.07 bits per heavy atom. The second-order valence-corrected chi connectivity index (χ2v) is 9.01. The molecular formula is C23H29FN6. The predicted molar refractivity (Wildman–Crippen MR) is 120 cm³/mol. The van der Waals surface area contributed by atoms with E-state index in [4.69, 9.17) is 0 Å². The molecule has 1 aliphatic carbocycles. The molecule has 0 bridgehead atoms. The van der Waals surface area contributed by atoms with Crippen molar-refractivity contribution in [1.29, 1.82) is 0 Å². The van der Waals surface area contributed by atoms with Gasteiger partial charge in [0, 0.05) is 54.6 Å². The van der Waals surface area contributed by atoms with E-state index in [1.807, 2.05) is 31.2 Å². The lowest BCUT2D eigenvalue weighted by Gasteiger charge is -2.57. The van der Waals surface area contributed by atoms with Gasteiger partial charge < -0.3 is 20.9 Å². The lowest BCUT2D eigenvalue weighted by atomic mass is 9.74. The summed E-state index contributed by atoms with van der Waals surface area (Å²) in [5.74, 6) is 1.07. The van der Waals surface area contributed by atoms with Crippen LogP contribution >= 0.6 is 0 Å². The van der Waals surface area contributed by atoms with Gasteiger partial charge in [-0.1, -0.05) is 19.1 Å². The monoisotopic (exact) mass is 408 g/mol. The van der Waals surface area contributed by atoms with Crippen LogP contribution in [-0.4, -0.2) is 41.7 Å². The zero-order valence-electron chi connectivity index (χ0n) is 17.6. The first-order valence-corrected chi connectivity index (χ1v) is 10.8. The van der Waals surface area contributed by atoms with Crippen molar-refractivity contribution < 1.29 is 4.39 Å². The number of hydrogen-bond donors (Lipinski definition) is 3. The Morgan fingerprint density at radius 3 is 2.67 bits per heavy atom. The minimum atomic E-state index is -0.214. The van der Waals surface area contributed by atoms with E-state index < -0.39 is 0 Å². The number of aromatic nitrogens is 2. The van der Waals surface area contributed by atoms with Crippen LogP contribution in [0.1, 0.15) is 38.7 Å². The molecule has 2 aromatic rings. The molecule has 3 fully saturated rings. The van der Waals surface area contributed by atoms with E-state index in [9.17, 15) is 4.39 Å². The third-order valence-corrected chi connectivity index (χ3v) is 6.67. The molecule has 0 amide bonds. The average molecular weight is 409 g/mol. The zero-order valence-corrected chi connectivity index (χ0v) is 17.6. The van der Waals surface area contributed by atoms with Crippen molar-refractivity contribution in [2.45, 2.75) is 38.6 Å². The van der Waals surface area contributed by atoms with E-state index in [-0.39, 0.29) is 11.4 Å². The van der Waals surface area contributed by atoms with Crippen molar-refractivity contribution in [3.8, 4) is 0 Å². The van der Waals surface area contributed by atoms with E-state index in [0.29, 0.717) is 22.7 Å². The predicted octanol–water partition coefficient (Wildman–Crippen LogP) is 4.16. The normalized spacial score (nSPS) is 20.7. The third-order valence-electron chi connectivity index (χ3n) is 6.67. The maximum absolute atomic E-state index is 14.8. The summed E-state index contributed by atoms with van der Waals surface area (Å²) in [4.78, 5) is 11.2. The average Bonchev–Trinajstić information content (AvgIpc) is 3.43. The molecule has 6 nitrogen and oxygen atoms in total. The highest BCUT2D eigenvalue weighted by Crippen LogP contribution is 2.42. The van der Waals surface area contributed by atoms with Gasteiger partial charge >= 0.3 is 0 Å². The molecule has 1 aromatic carbocycles. The van der Waals surface area contributed by atoms with Gasteiger partial charge in [-0.25, -0.2) is 9.37 Å². The summed E-state index contributed by atoms with van der Waals surface area (Å²) in [6, 6.07) is 5.28. The Kier molecular flexibility index (Phi) is 4.65. The number of anilines is 4. The first kappa shape index (κ1) is 19.3. The highest BCUT2D eigenvalue weighted by molar-refractivity contribution is 5.67. The van der Waals surface area contributed by atoms with Crippen LogP contribution in [0.25, 0.3) is 6.08 Å². The summed E-state index contributed by atoms with van der Waals surface area (Å²) in [5.41, 5.74) is 2.80. The molecule has 5 rings (SSSR count). The first-order chi connectivity index (χ1) is 14.5. The van der Waals surface area contributed by atoms with Crippen LogP contribution in [-0.2, 0) is 0 Å². The maximum Gasteiger partial charge on any atom is 0.229 e. The van der Waals surface area contributed by atoms with Crippen LogP contribution in [0.4, 0.5) is 27.5 Å². The number of halogens is 1. The minimum absolute atomic E-state index is 0.153. The van der Waals surface area contributed by atoms with Crippen molar-refractivity contribution in [3.05, 3.63) is 41.9 Å². The molecule has 3 heterocycles. The van der Waals surface area contributed by atoms with Crippen LogP contribution in [0.15, 0.2) is 30.5 Å². The highest BCUT2D eigenvalue weighted by Gasteiger charge is 2.48. The quantitative estimate of drug-likeness (QED) is 0.640. The van der Waals surface area contributed by atoms with Gasteiger partial charge in [-0.3, -0.25) is 0 Å². The van der Waals surface area contributed by atoms with Crippen LogP contribution in [0, 0.1) is 11.2 Å². The van der Waals surface area contributed by atoms with Crippen molar-refractivity contribution in [1.82, 2.24) is 15.3 Å².